The van der Waals surface area contributed by atoms with Crippen LogP contribution in [0.15, 0.2) is 41.2 Å². The van der Waals surface area contributed by atoms with E-state index >= 15 is 0 Å². The number of para-hydroxylation sites is 1. The highest BCUT2D eigenvalue weighted by atomic mass is 35.5. The molecule has 0 radical (unpaired) electrons. The van der Waals surface area contributed by atoms with Crippen molar-refractivity contribution in [3.8, 4) is 11.3 Å². The van der Waals surface area contributed by atoms with Gasteiger partial charge in [-0.15, -0.1) is 0 Å². The summed E-state index contributed by atoms with van der Waals surface area (Å²) in [6, 6.07) is 11.5. The van der Waals surface area contributed by atoms with Gasteiger partial charge in [-0.1, -0.05) is 48.3 Å². The number of benzene rings is 2. The lowest BCUT2D eigenvalue weighted by atomic mass is 10.1. The Labute approximate surface area is 178 Å². The maximum atomic E-state index is 13.3. The van der Waals surface area contributed by atoms with E-state index in [4.69, 9.17) is 33.9 Å². The van der Waals surface area contributed by atoms with Crippen molar-refractivity contribution in [1.82, 2.24) is 14.1 Å². The number of aryl methyl sites for hydroxylation is 2. The highest BCUT2D eigenvalue weighted by Crippen LogP contribution is 2.34. The molecular formula is C22H22Cl2N4O. The van der Waals surface area contributed by atoms with Gasteiger partial charge in [0.05, 0.1) is 21.1 Å². The van der Waals surface area contributed by atoms with Gasteiger partial charge in [-0.2, -0.15) is 0 Å². The molecule has 0 fully saturated rings. The third-order valence-corrected chi connectivity index (χ3v) is 6.08. The fraction of sp³-hybridized carbons (Fsp3) is 0.273. The Morgan fingerprint density at radius 1 is 1.10 bits per heavy atom. The van der Waals surface area contributed by atoms with E-state index in [1.54, 1.807) is 23.7 Å². The molecule has 2 aromatic heterocycles. The van der Waals surface area contributed by atoms with Gasteiger partial charge < -0.3 is 14.9 Å². The second kappa shape index (κ2) is 7.82. The fourth-order valence-corrected chi connectivity index (χ4v) is 4.29. The number of rotatable bonds is 5. The van der Waals surface area contributed by atoms with E-state index in [0.29, 0.717) is 33.3 Å². The van der Waals surface area contributed by atoms with Gasteiger partial charge >= 0.3 is 0 Å². The molecule has 0 bridgehead atoms. The first-order valence-corrected chi connectivity index (χ1v) is 10.4. The summed E-state index contributed by atoms with van der Waals surface area (Å²) in [6.07, 6.45) is 1.64. The van der Waals surface area contributed by atoms with Crippen molar-refractivity contribution in [2.75, 3.05) is 6.54 Å². The number of halogens is 2. The van der Waals surface area contributed by atoms with Crippen LogP contribution in [0.2, 0.25) is 10.0 Å². The molecule has 2 N–H and O–H groups in total. The van der Waals surface area contributed by atoms with E-state index in [2.05, 4.69) is 17.6 Å². The molecule has 0 saturated carbocycles. The largest absolute Gasteiger partial charge is 0.344 e. The Balaban J connectivity index is 2.10. The minimum atomic E-state index is -0.160. The number of nitrogens with two attached hydrogens (primary N) is 1. The molecule has 2 heterocycles. The number of aromatic nitrogens is 3. The normalized spacial score (nSPS) is 11.6. The molecule has 29 heavy (non-hydrogen) atoms. The molecule has 0 aliphatic heterocycles. The van der Waals surface area contributed by atoms with Crippen molar-refractivity contribution < 1.29 is 0 Å². The van der Waals surface area contributed by atoms with Gasteiger partial charge in [0.25, 0.3) is 5.56 Å². The molecule has 0 aliphatic rings. The Morgan fingerprint density at radius 2 is 1.83 bits per heavy atom. The zero-order valence-electron chi connectivity index (χ0n) is 16.4. The molecular weight excluding hydrogens is 407 g/mol. The van der Waals surface area contributed by atoms with Crippen molar-refractivity contribution in [3.05, 3.63) is 62.5 Å². The molecule has 0 aliphatic carbocycles. The van der Waals surface area contributed by atoms with E-state index in [1.807, 2.05) is 18.2 Å². The second-order valence-electron chi connectivity index (χ2n) is 7.07. The topological polar surface area (TPSA) is 65.8 Å². The van der Waals surface area contributed by atoms with Gasteiger partial charge in [-0.3, -0.25) is 4.79 Å². The van der Waals surface area contributed by atoms with Crippen molar-refractivity contribution in [1.29, 1.82) is 0 Å². The van der Waals surface area contributed by atoms with Crippen LogP contribution < -0.4 is 11.3 Å². The van der Waals surface area contributed by atoms with Gasteiger partial charge in [0.15, 0.2) is 0 Å². The molecule has 0 unspecified atom stereocenters. The SMILES string of the molecule is CCc1c(-c2nc3cc(Cl)c(Cl)cc3n(C)c2=O)c2ccccc2n1CCCN. The Kier molecular flexibility index (Phi) is 5.38. The van der Waals surface area contributed by atoms with E-state index in [9.17, 15) is 4.79 Å². The maximum absolute atomic E-state index is 13.3. The fourth-order valence-electron chi connectivity index (χ4n) is 3.98. The Hall–Kier alpha value is -2.34. The molecule has 5 nitrogen and oxygen atoms in total. The lowest BCUT2D eigenvalue weighted by Crippen LogP contribution is -2.21. The molecule has 0 saturated heterocycles. The average molecular weight is 429 g/mol. The minimum absolute atomic E-state index is 0.160. The van der Waals surface area contributed by atoms with E-state index in [-0.39, 0.29) is 5.56 Å². The lowest BCUT2D eigenvalue weighted by Gasteiger charge is -2.12. The monoisotopic (exact) mass is 428 g/mol. The summed E-state index contributed by atoms with van der Waals surface area (Å²) < 4.78 is 3.85. The van der Waals surface area contributed by atoms with Gasteiger partial charge in [-0.05, 0) is 37.6 Å². The summed E-state index contributed by atoms with van der Waals surface area (Å²) in [4.78, 5) is 18.1. The van der Waals surface area contributed by atoms with Crippen molar-refractivity contribution >= 4 is 45.1 Å². The van der Waals surface area contributed by atoms with Crippen molar-refractivity contribution in [3.63, 3.8) is 0 Å². The predicted molar refractivity (Wildman–Crippen MR) is 121 cm³/mol. The van der Waals surface area contributed by atoms with Crippen LogP contribution >= 0.6 is 23.2 Å². The van der Waals surface area contributed by atoms with E-state index in [1.165, 1.54) is 0 Å². The highest BCUT2D eigenvalue weighted by Gasteiger charge is 2.22. The lowest BCUT2D eigenvalue weighted by molar-refractivity contribution is 0.646. The van der Waals surface area contributed by atoms with Gasteiger partial charge in [-0.25, -0.2) is 4.98 Å². The molecule has 7 heteroatoms. The molecule has 150 valence electrons. The Morgan fingerprint density at radius 3 is 2.55 bits per heavy atom. The first-order valence-electron chi connectivity index (χ1n) is 9.64. The van der Waals surface area contributed by atoms with Crippen molar-refractivity contribution in [2.45, 2.75) is 26.3 Å². The number of fused-ring (bicyclic) bond motifs is 2. The van der Waals surface area contributed by atoms with Gasteiger partial charge in [0.1, 0.15) is 5.69 Å². The Bertz CT molecular complexity index is 1290. The smallest absolute Gasteiger partial charge is 0.277 e. The van der Waals surface area contributed by atoms with Crippen LogP contribution in [0, 0.1) is 0 Å². The molecule has 4 aromatic rings. The van der Waals surface area contributed by atoms with Crippen molar-refractivity contribution in [2.24, 2.45) is 12.8 Å². The molecule has 0 spiro atoms. The zero-order chi connectivity index (χ0) is 20.7. The molecule has 0 amide bonds. The van der Waals surface area contributed by atoms with Crippen LogP contribution in [-0.2, 0) is 20.0 Å². The third kappa shape index (κ3) is 3.23. The van der Waals surface area contributed by atoms with Crippen LogP contribution in [0.25, 0.3) is 33.2 Å². The third-order valence-electron chi connectivity index (χ3n) is 5.35. The number of nitrogens with zero attached hydrogens (tertiary/aromatic N) is 3. The first kappa shape index (κ1) is 20.0. The summed E-state index contributed by atoms with van der Waals surface area (Å²) in [5.41, 5.74) is 10.4. The van der Waals surface area contributed by atoms with Crippen LogP contribution in [0.4, 0.5) is 0 Å². The molecule has 0 atom stereocenters. The van der Waals surface area contributed by atoms with E-state index < -0.39 is 0 Å². The standard InChI is InChI=1S/C22H22Cl2N4O/c1-3-17-20(13-7-4-5-8-18(13)28(17)10-6-9-25)21-22(29)27(2)19-12-15(24)14(23)11-16(19)26-21/h4-5,7-8,11-12H,3,6,9-10,25H2,1-2H3. The number of hydrogen-bond acceptors (Lipinski definition) is 3. The summed E-state index contributed by atoms with van der Waals surface area (Å²) in [5.74, 6) is 0. The van der Waals surface area contributed by atoms with Crippen LogP contribution in [0.5, 0.6) is 0 Å². The van der Waals surface area contributed by atoms with Gasteiger partial charge in [0.2, 0.25) is 0 Å². The summed E-state index contributed by atoms with van der Waals surface area (Å²) >= 11 is 12.4. The quantitative estimate of drug-likeness (QED) is 0.497. The summed E-state index contributed by atoms with van der Waals surface area (Å²) in [6.45, 7) is 3.51. The van der Waals surface area contributed by atoms with E-state index in [0.717, 1.165) is 41.5 Å². The maximum Gasteiger partial charge on any atom is 0.277 e. The minimum Gasteiger partial charge on any atom is -0.344 e. The summed E-state index contributed by atoms with van der Waals surface area (Å²) in [5, 5.41) is 1.83. The average Bonchev–Trinajstić information content (AvgIpc) is 3.04. The predicted octanol–water partition coefficient (Wildman–Crippen LogP) is 4.77. The molecule has 4 rings (SSSR count). The summed E-state index contributed by atoms with van der Waals surface area (Å²) in [7, 11) is 1.74. The highest BCUT2D eigenvalue weighted by molar-refractivity contribution is 6.42. The van der Waals surface area contributed by atoms with Crippen LogP contribution in [0.1, 0.15) is 19.0 Å². The van der Waals surface area contributed by atoms with Crippen LogP contribution in [0.3, 0.4) is 0 Å². The van der Waals surface area contributed by atoms with Crippen LogP contribution in [-0.4, -0.2) is 20.7 Å². The number of hydrogen-bond donors (Lipinski definition) is 1. The first-order chi connectivity index (χ1) is 14.0. The second-order valence-corrected chi connectivity index (χ2v) is 7.88. The van der Waals surface area contributed by atoms with Gasteiger partial charge in [0, 0.05) is 35.8 Å². The zero-order valence-corrected chi connectivity index (χ0v) is 17.9. The molecule has 2 aromatic carbocycles.